The van der Waals surface area contributed by atoms with E-state index in [1.807, 2.05) is 36.4 Å². The highest BCUT2D eigenvalue weighted by Crippen LogP contribution is 2.23. The summed E-state index contributed by atoms with van der Waals surface area (Å²) in [7, 11) is 0. The van der Waals surface area contributed by atoms with E-state index in [0.29, 0.717) is 11.4 Å². The van der Waals surface area contributed by atoms with Gasteiger partial charge in [-0.1, -0.05) is 132 Å². The summed E-state index contributed by atoms with van der Waals surface area (Å²) in [4.78, 5) is 5.58. The first kappa shape index (κ1) is 22.2. The molecule has 0 spiro atoms. The summed E-state index contributed by atoms with van der Waals surface area (Å²) in [5.74, 6) is 0. The third kappa shape index (κ3) is 6.02. The molecule has 0 heterocycles. The van der Waals surface area contributed by atoms with Crippen molar-refractivity contribution in [2.75, 3.05) is 0 Å². The first-order chi connectivity index (χ1) is 16.7. The average molecular weight is 441 g/mol. The summed E-state index contributed by atoms with van der Waals surface area (Å²) < 4.78 is 0. The maximum Gasteiger partial charge on any atom is 0.0375 e. The first-order valence-electron chi connectivity index (χ1n) is 10.6. The largest absolute Gasteiger partial charge is 0.0608 e. The van der Waals surface area contributed by atoms with Crippen molar-refractivity contribution in [1.82, 2.24) is 0 Å². The molecule has 4 rings (SSSR count). The van der Waals surface area contributed by atoms with Gasteiger partial charge in [0.15, 0.2) is 0 Å². The fraction of sp³-hybridized carbons (Fsp3) is 0. The Kier molecular flexibility index (Phi) is 7.19. The van der Waals surface area contributed by atoms with Gasteiger partial charge in [0, 0.05) is 21.2 Å². The molecule has 34 heavy (non-hydrogen) atoms. The summed E-state index contributed by atoms with van der Waals surface area (Å²) in [5, 5.41) is 7.16. The van der Waals surface area contributed by atoms with E-state index in [2.05, 4.69) is 80.7 Å². The second-order valence-electron chi connectivity index (χ2n) is 7.47. The Morgan fingerprint density at radius 2 is 0.676 bits per heavy atom. The van der Waals surface area contributed by atoms with Crippen LogP contribution in [-0.2, 0) is 0 Å². The van der Waals surface area contributed by atoms with Crippen LogP contribution in [0.25, 0.3) is 56.3 Å². The Labute approximate surface area is 197 Å². The maximum absolute atomic E-state index is 8.48. The number of nitrogens with zero attached hydrogens (tertiary/aromatic N) is 6. The highest BCUT2D eigenvalue weighted by molar-refractivity contribution is 5.74. The molecule has 0 amide bonds. The van der Waals surface area contributed by atoms with Crippen LogP contribution in [0.3, 0.4) is 0 Å². The van der Waals surface area contributed by atoms with Crippen molar-refractivity contribution < 1.29 is 0 Å². The van der Waals surface area contributed by atoms with Crippen LogP contribution in [0, 0.1) is 0 Å². The lowest BCUT2D eigenvalue weighted by atomic mass is 10.0. The van der Waals surface area contributed by atoms with Gasteiger partial charge in [-0.2, -0.15) is 0 Å². The van der Waals surface area contributed by atoms with Gasteiger partial charge in [0.25, 0.3) is 0 Å². The smallest absolute Gasteiger partial charge is 0.0375 e. The second-order valence-corrected chi connectivity index (χ2v) is 7.47. The van der Waals surface area contributed by atoms with Crippen molar-refractivity contribution in [2.45, 2.75) is 0 Å². The van der Waals surface area contributed by atoms with Crippen LogP contribution in [0.4, 0.5) is 11.4 Å². The monoisotopic (exact) mass is 440 g/mol. The normalized spacial score (nSPS) is 10.7. The molecule has 0 atom stereocenters. The molecule has 0 fully saturated rings. The SMILES string of the molecule is [N-]=[N+]=Nc1ccc(C=Cc2ccc(-c3ccc(C=Cc4ccc(N=[N+]=[N-])cc4)cc3)cc2)cc1. The fourth-order valence-corrected chi connectivity index (χ4v) is 3.37. The van der Waals surface area contributed by atoms with Gasteiger partial charge in [-0.25, -0.2) is 0 Å². The zero-order valence-electron chi connectivity index (χ0n) is 18.2. The third-order valence-corrected chi connectivity index (χ3v) is 5.20. The Morgan fingerprint density at radius 1 is 0.412 bits per heavy atom. The minimum absolute atomic E-state index is 0.603. The second kappa shape index (κ2) is 11.0. The Balaban J connectivity index is 1.39. The lowest BCUT2D eigenvalue weighted by Gasteiger charge is -2.04. The predicted molar refractivity (Wildman–Crippen MR) is 140 cm³/mol. The van der Waals surface area contributed by atoms with Crippen molar-refractivity contribution in [2.24, 2.45) is 10.2 Å². The van der Waals surface area contributed by atoms with Gasteiger partial charge >= 0.3 is 0 Å². The van der Waals surface area contributed by atoms with E-state index in [0.717, 1.165) is 33.4 Å². The fourth-order valence-electron chi connectivity index (χ4n) is 3.37. The molecule has 0 bridgehead atoms. The molecule has 0 aliphatic heterocycles. The van der Waals surface area contributed by atoms with Crippen LogP contribution < -0.4 is 0 Å². The van der Waals surface area contributed by atoms with Gasteiger partial charge in [0.2, 0.25) is 0 Å². The summed E-state index contributed by atoms with van der Waals surface area (Å²) in [6.07, 6.45) is 8.17. The van der Waals surface area contributed by atoms with Gasteiger partial charge in [-0.15, -0.1) is 0 Å². The van der Waals surface area contributed by atoms with Gasteiger partial charge in [-0.3, -0.25) is 0 Å². The van der Waals surface area contributed by atoms with Gasteiger partial charge < -0.3 is 0 Å². The highest BCUT2D eigenvalue weighted by atomic mass is 15.1. The van der Waals surface area contributed by atoms with Crippen LogP contribution in [-0.4, -0.2) is 0 Å². The van der Waals surface area contributed by atoms with Crippen LogP contribution in [0.2, 0.25) is 0 Å². The number of azide groups is 2. The molecule has 4 aromatic carbocycles. The Morgan fingerprint density at radius 3 is 0.941 bits per heavy atom. The minimum Gasteiger partial charge on any atom is -0.0608 e. The zero-order valence-corrected chi connectivity index (χ0v) is 18.2. The molecule has 0 saturated carbocycles. The van der Waals surface area contributed by atoms with Crippen LogP contribution in [0.5, 0.6) is 0 Å². The van der Waals surface area contributed by atoms with Crippen molar-refractivity contribution in [3.8, 4) is 11.1 Å². The number of hydrogen-bond donors (Lipinski definition) is 0. The molecule has 0 radical (unpaired) electrons. The van der Waals surface area contributed by atoms with Gasteiger partial charge in [-0.05, 0) is 44.4 Å². The number of rotatable bonds is 7. The number of hydrogen-bond acceptors (Lipinski definition) is 2. The molecule has 0 unspecified atom stereocenters. The minimum atomic E-state index is 0.603. The quantitative estimate of drug-likeness (QED) is 0.118. The molecule has 0 aliphatic carbocycles. The molecule has 162 valence electrons. The summed E-state index contributed by atoms with van der Waals surface area (Å²) >= 11 is 0. The molecular weight excluding hydrogens is 420 g/mol. The average Bonchev–Trinajstić information content (AvgIpc) is 2.89. The number of benzene rings is 4. The van der Waals surface area contributed by atoms with E-state index in [1.165, 1.54) is 0 Å². The molecule has 6 heteroatoms. The third-order valence-electron chi connectivity index (χ3n) is 5.20. The van der Waals surface area contributed by atoms with Crippen LogP contribution in [0.1, 0.15) is 22.3 Å². The predicted octanol–water partition coefficient (Wildman–Crippen LogP) is 9.58. The van der Waals surface area contributed by atoms with E-state index in [-0.39, 0.29) is 0 Å². The Hall–Kier alpha value is -5.02. The lowest BCUT2D eigenvalue weighted by Crippen LogP contribution is -1.80. The van der Waals surface area contributed by atoms with Crippen molar-refractivity contribution in [3.05, 3.63) is 140 Å². The molecule has 4 aromatic rings. The maximum atomic E-state index is 8.48. The Bertz CT molecular complexity index is 1290. The van der Waals surface area contributed by atoms with E-state index < -0.39 is 0 Å². The van der Waals surface area contributed by atoms with Crippen molar-refractivity contribution >= 4 is 35.7 Å². The van der Waals surface area contributed by atoms with E-state index in [1.54, 1.807) is 24.3 Å². The van der Waals surface area contributed by atoms with E-state index in [9.17, 15) is 0 Å². The van der Waals surface area contributed by atoms with Crippen LogP contribution >= 0.6 is 0 Å². The van der Waals surface area contributed by atoms with Crippen molar-refractivity contribution in [3.63, 3.8) is 0 Å². The molecule has 0 N–H and O–H groups in total. The van der Waals surface area contributed by atoms with Gasteiger partial charge in [0.05, 0.1) is 0 Å². The van der Waals surface area contributed by atoms with E-state index >= 15 is 0 Å². The first-order valence-corrected chi connectivity index (χ1v) is 10.6. The standard InChI is InChI=1S/C28H20N6/c29-33-31-27-17-9-23(10-18-27)3-1-21-5-13-25(14-6-21)26-15-7-22(8-16-26)2-4-24-11-19-28(20-12-24)32-34-30/h1-20H. The van der Waals surface area contributed by atoms with E-state index in [4.69, 9.17) is 11.1 Å². The molecular formula is C28H20N6. The van der Waals surface area contributed by atoms with Crippen molar-refractivity contribution in [1.29, 1.82) is 0 Å². The topological polar surface area (TPSA) is 97.5 Å². The molecule has 6 nitrogen and oxygen atoms in total. The molecule has 0 saturated heterocycles. The lowest BCUT2D eigenvalue weighted by molar-refractivity contribution is 1.47. The van der Waals surface area contributed by atoms with Crippen LogP contribution in [0.15, 0.2) is 107 Å². The molecule has 0 aromatic heterocycles. The molecule has 0 aliphatic rings. The summed E-state index contributed by atoms with van der Waals surface area (Å²) in [6, 6.07) is 31.7. The summed E-state index contributed by atoms with van der Waals surface area (Å²) in [6.45, 7) is 0. The van der Waals surface area contributed by atoms with Gasteiger partial charge in [0.1, 0.15) is 0 Å². The summed E-state index contributed by atoms with van der Waals surface area (Å²) in [5.41, 5.74) is 24.8. The zero-order chi connectivity index (χ0) is 23.6. The highest BCUT2D eigenvalue weighted by Gasteiger charge is 1.98.